The van der Waals surface area contributed by atoms with Gasteiger partial charge in [-0.2, -0.15) is 0 Å². The molecular formula is C15H24ClFIN3O. The van der Waals surface area contributed by atoms with Gasteiger partial charge >= 0.3 is 0 Å². The Morgan fingerprint density at radius 2 is 2.09 bits per heavy atom. The maximum Gasteiger partial charge on any atom is 0.191 e. The number of hydrogen-bond acceptors (Lipinski definition) is 2. The molecule has 0 fully saturated rings. The molecule has 1 aromatic carbocycles. The van der Waals surface area contributed by atoms with Crippen molar-refractivity contribution in [1.29, 1.82) is 0 Å². The van der Waals surface area contributed by atoms with E-state index in [-0.39, 0.29) is 29.0 Å². The summed E-state index contributed by atoms with van der Waals surface area (Å²) in [6.45, 7) is 4.91. The highest BCUT2D eigenvalue weighted by Crippen LogP contribution is 2.15. The Kier molecular flexibility index (Phi) is 12.5. The topological polar surface area (TPSA) is 45.6 Å². The van der Waals surface area contributed by atoms with E-state index in [9.17, 15) is 4.39 Å². The normalized spacial score (nSPS) is 11.0. The Balaban J connectivity index is 0.00000441. The molecule has 0 atom stereocenters. The van der Waals surface area contributed by atoms with Crippen LogP contribution in [0.4, 0.5) is 4.39 Å². The van der Waals surface area contributed by atoms with Gasteiger partial charge in [-0.05, 0) is 37.5 Å². The molecule has 22 heavy (non-hydrogen) atoms. The summed E-state index contributed by atoms with van der Waals surface area (Å²) < 4.78 is 18.3. The molecule has 0 amide bonds. The van der Waals surface area contributed by atoms with Crippen molar-refractivity contribution in [3.8, 4) is 0 Å². The maximum absolute atomic E-state index is 13.1. The Morgan fingerprint density at radius 1 is 1.32 bits per heavy atom. The minimum atomic E-state index is -0.405. The molecule has 2 N–H and O–H groups in total. The van der Waals surface area contributed by atoms with E-state index in [1.807, 2.05) is 6.92 Å². The first-order chi connectivity index (χ1) is 10.2. The Labute approximate surface area is 153 Å². The molecule has 7 heteroatoms. The summed E-state index contributed by atoms with van der Waals surface area (Å²) in [4.78, 5) is 4.13. The van der Waals surface area contributed by atoms with Gasteiger partial charge in [-0.25, -0.2) is 4.39 Å². The lowest BCUT2D eigenvalue weighted by Gasteiger charge is -2.12. The summed E-state index contributed by atoms with van der Waals surface area (Å²) in [5.74, 6) is 0.309. The summed E-state index contributed by atoms with van der Waals surface area (Å²) in [5, 5.41) is 6.51. The largest absolute Gasteiger partial charge is 0.382 e. The molecule has 1 aromatic rings. The third-order valence-electron chi connectivity index (χ3n) is 2.88. The molecule has 0 saturated heterocycles. The maximum atomic E-state index is 13.1. The van der Waals surface area contributed by atoms with Crippen LogP contribution in [0.25, 0.3) is 0 Å². The minimum Gasteiger partial charge on any atom is -0.382 e. The van der Waals surface area contributed by atoms with Crippen LogP contribution in [-0.4, -0.2) is 32.8 Å². The number of aliphatic imine (C=N–C) groups is 1. The predicted octanol–water partition coefficient (Wildman–Crippen LogP) is 3.58. The van der Waals surface area contributed by atoms with Crippen molar-refractivity contribution in [1.82, 2.24) is 10.6 Å². The Hall–Kier alpha value is -0.600. The van der Waals surface area contributed by atoms with Crippen LogP contribution in [0.5, 0.6) is 0 Å². The summed E-state index contributed by atoms with van der Waals surface area (Å²) >= 11 is 5.75. The fourth-order valence-electron chi connectivity index (χ4n) is 1.74. The quantitative estimate of drug-likeness (QED) is 0.279. The Bertz CT molecular complexity index is 460. The van der Waals surface area contributed by atoms with Gasteiger partial charge in [0, 0.05) is 33.4 Å². The molecule has 126 valence electrons. The van der Waals surface area contributed by atoms with E-state index in [4.69, 9.17) is 16.3 Å². The van der Waals surface area contributed by atoms with Gasteiger partial charge in [0.05, 0.1) is 5.02 Å². The zero-order chi connectivity index (χ0) is 15.5. The van der Waals surface area contributed by atoms with Crippen LogP contribution < -0.4 is 10.6 Å². The summed E-state index contributed by atoms with van der Waals surface area (Å²) in [6.07, 6.45) is 2.04. The predicted molar refractivity (Wildman–Crippen MR) is 101 cm³/mol. The summed E-state index contributed by atoms with van der Waals surface area (Å²) in [7, 11) is 1.72. The molecule has 0 saturated carbocycles. The number of rotatable bonds is 8. The van der Waals surface area contributed by atoms with Crippen molar-refractivity contribution in [3.63, 3.8) is 0 Å². The number of benzene rings is 1. The monoisotopic (exact) mass is 443 g/mol. The first-order valence-corrected chi connectivity index (χ1v) is 7.51. The molecule has 4 nitrogen and oxygen atoms in total. The second-order valence-electron chi connectivity index (χ2n) is 4.51. The fraction of sp³-hybridized carbons (Fsp3) is 0.533. The molecular weight excluding hydrogens is 420 g/mol. The van der Waals surface area contributed by atoms with E-state index in [1.165, 1.54) is 6.07 Å². The average molecular weight is 444 g/mol. The lowest BCUT2D eigenvalue weighted by Crippen LogP contribution is -2.37. The van der Waals surface area contributed by atoms with E-state index in [1.54, 1.807) is 19.2 Å². The van der Waals surface area contributed by atoms with Gasteiger partial charge in [-0.15, -0.1) is 24.0 Å². The second kappa shape index (κ2) is 12.9. The van der Waals surface area contributed by atoms with E-state index in [2.05, 4.69) is 15.6 Å². The van der Waals surface area contributed by atoms with Crippen LogP contribution in [0.2, 0.25) is 5.02 Å². The van der Waals surface area contributed by atoms with E-state index < -0.39 is 5.82 Å². The second-order valence-corrected chi connectivity index (χ2v) is 4.91. The SMILES string of the molecule is CCOCCCCNC(=NC)NCc1ccc(F)c(Cl)c1.I. The number of guanidine groups is 1. The zero-order valence-corrected chi connectivity index (χ0v) is 16.1. The molecule has 0 unspecified atom stereocenters. The van der Waals surface area contributed by atoms with E-state index in [0.29, 0.717) is 12.5 Å². The molecule has 0 spiro atoms. The number of nitrogens with zero attached hydrogens (tertiary/aromatic N) is 1. The highest BCUT2D eigenvalue weighted by atomic mass is 127. The molecule has 0 radical (unpaired) electrons. The van der Waals surface area contributed by atoms with Gasteiger partial charge < -0.3 is 15.4 Å². The summed E-state index contributed by atoms with van der Waals surface area (Å²) in [5.41, 5.74) is 0.903. The van der Waals surface area contributed by atoms with Crippen molar-refractivity contribution in [2.75, 3.05) is 26.8 Å². The highest BCUT2D eigenvalue weighted by Gasteiger charge is 2.02. The van der Waals surface area contributed by atoms with Gasteiger partial charge in [-0.3, -0.25) is 4.99 Å². The third-order valence-corrected chi connectivity index (χ3v) is 3.17. The molecule has 1 rings (SSSR count). The van der Waals surface area contributed by atoms with Gasteiger partial charge in [-0.1, -0.05) is 17.7 Å². The van der Waals surface area contributed by atoms with Crippen molar-refractivity contribution >= 4 is 41.5 Å². The minimum absolute atomic E-state index is 0. The molecule has 0 bridgehead atoms. The highest BCUT2D eigenvalue weighted by molar-refractivity contribution is 14.0. The van der Waals surface area contributed by atoms with Gasteiger partial charge in [0.25, 0.3) is 0 Å². The van der Waals surface area contributed by atoms with Crippen LogP contribution in [0.1, 0.15) is 25.3 Å². The fourth-order valence-corrected chi connectivity index (χ4v) is 1.94. The zero-order valence-electron chi connectivity index (χ0n) is 13.0. The average Bonchev–Trinajstić information content (AvgIpc) is 2.49. The molecule has 0 aliphatic carbocycles. The van der Waals surface area contributed by atoms with E-state index >= 15 is 0 Å². The van der Waals surface area contributed by atoms with Crippen LogP contribution >= 0.6 is 35.6 Å². The molecule has 0 aromatic heterocycles. The van der Waals surface area contributed by atoms with Crippen LogP contribution in [0.3, 0.4) is 0 Å². The number of halogens is 3. The Morgan fingerprint density at radius 3 is 2.73 bits per heavy atom. The van der Waals surface area contributed by atoms with Crippen molar-refractivity contribution < 1.29 is 9.13 Å². The van der Waals surface area contributed by atoms with E-state index in [0.717, 1.165) is 38.2 Å². The number of nitrogens with one attached hydrogen (secondary N) is 2. The molecule has 0 aliphatic heterocycles. The number of ether oxygens (including phenoxy) is 1. The lowest BCUT2D eigenvalue weighted by atomic mass is 10.2. The van der Waals surface area contributed by atoms with Crippen molar-refractivity contribution in [3.05, 3.63) is 34.6 Å². The molecule has 0 heterocycles. The van der Waals surface area contributed by atoms with Crippen molar-refractivity contribution in [2.45, 2.75) is 26.3 Å². The standard InChI is InChI=1S/C15H23ClFN3O.HI/c1-3-21-9-5-4-8-19-15(18-2)20-11-12-6-7-14(17)13(16)10-12;/h6-7,10H,3-5,8-9,11H2,1-2H3,(H2,18,19,20);1H. The first-order valence-electron chi connectivity index (χ1n) is 7.13. The van der Waals surface area contributed by atoms with Crippen LogP contribution in [0.15, 0.2) is 23.2 Å². The summed E-state index contributed by atoms with van der Waals surface area (Å²) in [6, 6.07) is 4.67. The van der Waals surface area contributed by atoms with Crippen LogP contribution in [0, 0.1) is 5.82 Å². The lowest BCUT2D eigenvalue weighted by molar-refractivity contribution is 0.143. The first kappa shape index (κ1) is 21.4. The van der Waals surface area contributed by atoms with Gasteiger partial charge in [0.2, 0.25) is 0 Å². The van der Waals surface area contributed by atoms with Gasteiger partial charge in [0.1, 0.15) is 5.82 Å². The number of hydrogen-bond donors (Lipinski definition) is 2. The molecule has 0 aliphatic rings. The van der Waals surface area contributed by atoms with Gasteiger partial charge in [0.15, 0.2) is 5.96 Å². The third kappa shape index (κ3) is 8.75. The number of unbranched alkanes of at least 4 members (excludes halogenated alkanes) is 1. The van der Waals surface area contributed by atoms with Crippen molar-refractivity contribution in [2.24, 2.45) is 4.99 Å². The van der Waals surface area contributed by atoms with Crippen LogP contribution in [-0.2, 0) is 11.3 Å². The smallest absolute Gasteiger partial charge is 0.191 e.